The quantitative estimate of drug-likeness (QED) is 0.847. The lowest BCUT2D eigenvalue weighted by Gasteiger charge is -2.32. The Labute approximate surface area is 112 Å². The maximum absolute atomic E-state index is 5.38. The van der Waals surface area contributed by atoms with Crippen molar-refractivity contribution in [2.75, 3.05) is 7.11 Å². The van der Waals surface area contributed by atoms with Gasteiger partial charge in [0.15, 0.2) is 0 Å². The number of methoxy groups -OCH3 is 1. The lowest BCUT2D eigenvalue weighted by atomic mass is 9.86. The largest absolute Gasteiger partial charge is 1.00 e. The molecular weight excluding hydrogens is 242 g/mol. The minimum atomic E-state index is -0.0396. The number of rotatable bonds is 1. The maximum atomic E-state index is 5.38. The fourth-order valence-corrected chi connectivity index (χ4v) is 4.45. The third-order valence-corrected chi connectivity index (χ3v) is 5.25. The maximum Gasteiger partial charge on any atom is 1.00 e. The topological polar surface area (TPSA) is 21.3 Å². The molecule has 2 nitrogen and oxygen atoms in total. The molecule has 2 bridgehead atoms. The van der Waals surface area contributed by atoms with Gasteiger partial charge in [0.05, 0.1) is 12.6 Å². The lowest BCUT2D eigenvalue weighted by Crippen LogP contribution is -2.40. The first-order valence-electron chi connectivity index (χ1n) is 6.25. The Morgan fingerprint density at radius 3 is 3.11 bits per heavy atom. The smallest absolute Gasteiger partial charge is 0.497 e. The van der Waals surface area contributed by atoms with Crippen LogP contribution in [0.1, 0.15) is 36.0 Å². The molecule has 0 amide bonds. The Balaban J connectivity index is 0.00000110. The molecule has 2 aromatic rings. The van der Waals surface area contributed by atoms with E-state index in [2.05, 4.69) is 41.9 Å². The zero-order valence-corrected chi connectivity index (χ0v) is 11.3. The second-order valence-electron chi connectivity index (χ2n) is 5.24. The first-order valence-corrected chi connectivity index (χ1v) is 7.13. The van der Waals surface area contributed by atoms with Crippen LogP contribution in [0.4, 0.5) is 0 Å². The molecule has 2 atom stereocenters. The van der Waals surface area contributed by atoms with Gasteiger partial charge in [-0.05, 0) is 47.2 Å². The van der Waals surface area contributed by atoms with Gasteiger partial charge in [-0.1, -0.05) is 6.07 Å². The van der Waals surface area contributed by atoms with Crippen molar-refractivity contribution < 1.29 is 6.16 Å². The number of nitrogens with one attached hydrogen (secondary N) is 1. The van der Waals surface area contributed by atoms with E-state index in [0.29, 0.717) is 6.04 Å². The summed E-state index contributed by atoms with van der Waals surface area (Å²) in [4.78, 5) is 1.52. The average molecular weight is 258 g/mol. The highest BCUT2D eigenvalue weighted by Crippen LogP contribution is 2.50. The predicted molar refractivity (Wildman–Crippen MR) is 74.5 cm³/mol. The molecule has 0 saturated heterocycles. The second kappa shape index (κ2) is 3.37. The first kappa shape index (κ1) is 10.6. The third-order valence-electron chi connectivity index (χ3n) is 4.31. The van der Waals surface area contributed by atoms with E-state index < -0.39 is 0 Å². The molecule has 0 fully saturated rings. The van der Waals surface area contributed by atoms with E-state index in [1.807, 2.05) is 11.3 Å². The lowest BCUT2D eigenvalue weighted by molar-refractivity contribution is 0.390. The van der Waals surface area contributed by atoms with Gasteiger partial charge in [0.25, 0.3) is 0 Å². The molecule has 2 aliphatic rings. The van der Waals surface area contributed by atoms with Crippen molar-refractivity contribution in [3.63, 3.8) is 0 Å². The molecule has 1 aromatic heterocycles. The van der Waals surface area contributed by atoms with Gasteiger partial charge in [-0.3, -0.25) is 5.32 Å². The van der Waals surface area contributed by atoms with Crippen LogP contribution in [0.2, 0.25) is 0 Å². The van der Waals surface area contributed by atoms with Crippen LogP contribution in [-0.4, -0.2) is 7.11 Å². The molecule has 0 radical (unpaired) electrons. The minimum absolute atomic E-state index is 0. The number of ether oxygens (including phenoxy) is 1. The summed E-state index contributed by atoms with van der Waals surface area (Å²) in [6, 6.07) is 9.20. The summed E-state index contributed by atoms with van der Waals surface area (Å²) in [6.45, 7) is 2.29. The number of thiophene rings is 1. The zero-order valence-electron chi connectivity index (χ0n) is 11.5. The molecule has 18 heavy (non-hydrogen) atoms. The Morgan fingerprint density at radius 2 is 2.28 bits per heavy atom. The zero-order chi connectivity index (χ0) is 12.3. The van der Waals surface area contributed by atoms with Gasteiger partial charge in [0.2, 0.25) is 0 Å². The van der Waals surface area contributed by atoms with Crippen LogP contribution in [0.5, 0.6) is 5.75 Å². The molecule has 0 aliphatic carbocycles. The van der Waals surface area contributed by atoms with E-state index in [4.69, 9.17) is 4.74 Å². The van der Waals surface area contributed by atoms with Crippen LogP contribution >= 0.6 is 11.3 Å². The predicted octanol–water partition coefficient (Wildman–Crippen LogP) is 3.33. The Hall–Kier alpha value is -1.32. The van der Waals surface area contributed by atoms with Gasteiger partial charge >= 0.3 is 1.43 Å². The Kier molecular flexibility index (Phi) is 1.98. The van der Waals surface area contributed by atoms with Crippen molar-refractivity contribution in [3.05, 3.63) is 51.2 Å². The molecule has 1 N–H and O–H groups in total. The van der Waals surface area contributed by atoms with Crippen molar-refractivity contribution in [3.8, 4) is 5.75 Å². The van der Waals surface area contributed by atoms with Gasteiger partial charge in [0, 0.05) is 17.3 Å². The van der Waals surface area contributed by atoms with E-state index >= 15 is 0 Å². The summed E-state index contributed by atoms with van der Waals surface area (Å²) in [5.41, 5.74) is 4.21. The number of hydrogen-bond acceptors (Lipinski definition) is 3. The number of benzene rings is 1. The van der Waals surface area contributed by atoms with Crippen LogP contribution in [-0.2, 0) is 12.0 Å². The van der Waals surface area contributed by atoms with Crippen LogP contribution in [0, 0.1) is 0 Å². The molecule has 2 aliphatic heterocycles. The fraction of sp³-hybridized carbons (Fsp3) is 0.333. The van der Waals surface area contributed by atoms with Crippen molar-refractivity contribution in [1.29, 1.82) is 0 Å². The highest BCUT2D eigenvalue weighted by atomic mass is 32.1. The van der Waals surface area contributed by atoms with Crippen molar-refractivity contribution in [2.24, 2.45) is 0 Å². The number of fused-ring (bicyclic) bond motifs is 7. The molecule has 2 unspecified atom stereocenters. The van der Waals surface area contributed by atoms with E-state index in [1.54, 1.807) is 7.11 Å². The van der Waals surface area contributed by atoms with Crippen molar-refractivity contribution in [2.45, 2.75) is 24.9 Å². The molecule has 4 rings (SSSR count). The summed E-state index contributed by atoms with van der Waals surface area (Å²) < 4.78 is 5.38. The first-order chi connectivity index (χ1) is 8.72. The van der Waals surface area contributed by atoms with E-state index in [-0.39, 0.29) is 6.97 Å². The van der Waals surface area contributed by atoms with Gasteiger partial charge in [0.1, 0.15) is 5.75 Å². The van der Waals surface area contributed by atoms with Crippen LogP contribution in [0.25, 0.3) is 0 Å². The highest BCUT2D eigenvalue weighted by molar-refractivity contribution is 7.10. The van der Waals surface area contributed by atoms with E-state index in [0.717, 1.165) is 12.2 Å². The van der Waals surface area contributed by atoms with Crippen LogP contribution < -0.4 is 10.1 Å². The van der Waals surface area contributed by atoms with Gasteiger partial charge in [-0.25, -0.2) is 0 Å². The molecule has 0 spiro atoms. The van der Waals surface area contributed by atoms with Crippen LogP contribution in [0.3, 0.4) is 0 Å². The van der Waals surface area contributed by atoms with E-state index in [9.17, 15) is 0 Å². The Morgan fingerprint density at radius 1 is 1.39 bits per heavy atom. The second-order valence-corrected chi connectivity index (χ2v) is 6.24. The third kappa shape index (κ3) is 1.16. The summed E-state index contributed by atoms with van der Waals surface area (Å²) in [5, 5.41) is 5.98. The monoisotopic (exact) mass is 258 g/mol. The van der Waals surface area contributed by atoms with Crippen LogP contribution in [0.15, 0.2) is 29.6 Å². The minimum Gasteiger partial charge on any atom is -0.497 e. The molecule has 92 valence electrons. The summed E-state index contributed by atoms with van der Waals surface area (Å²) in [7, 11) is 1.73. The fourth-order valence-electron chi connectivity index (χ4n) is 3.42. The summed E-state index contributed by atoms with van der Waals surface area (Å²) >= 11 is 1.88. The highest BCUT2D eigenvalue weighted by Gasteiger charge is 2.46. The van der Waals surface area contributed by atoms with Gasteiger partial charge in [-0.2, -0.15) is 0 Å². The summed E-state index contributed by atoms with van der Waals surface area (Å²) in [6.07, 6.45) is 1.11. The van der Waals surface area contributed by atoms with Gasteiger partial charge in [-0.15, -0.1) is 11.3 Å². The van der Waals surface area contributed by atoms with Crippen molar-refractivity contribution >= 4 is 11.3 Å². The van der Waals surface area contributed by atoms with Crippen molar-refractivity contribution in [1.82, 2.24) is 5.32 Å². The standard InChI is InChI=1S/C15H15NOS/c1-15-11-5-6-18-14(11)8-13(16-15)10-4-3-9(17-2)7-12(10)15/h3-7,13,16H,8H2,1-2H3/p+1. The molecule has 3 heterocycles. The Bertz CT molecular complexity index is 639. The molecule has 3 heteroatoms. The number of hydrogen-bond donors (Lipinski definition) is 1. The van der Waals surface area contributed by atoms with Gasteiger partial charge < -0.3 is 4.74 Å². The average Bonchev–Trinajstić information content (AvgIpc) is 2.94. The normalized spacial score (nSPS) is 27.8. The summed E-state index contributed by atoms with van der Waals surface area (Å²) in [5.74, 6) is 0.945. The molecular formula is C15H16NOS+. The molecule has 1 aromatic carbocycles. The SMILES string of the molecule is COc1ccc2c(c1)C1(C)NC2Cc2sccc21.[H+]. The van der Waals surface area contributed by atoms with E-state index in [1.165, 1.54) is 21.6 Å². The molecule has 0 saturated carbocycles.